The Hall–Kier alpha value is -1.55. The summed E-state index contributed by atoms with van der Waals surface area (Å²) in [6.45, 7) is 8.07. The van der Waals surface area contributed by atoms with Gasteiger partial charge in [-0.2, -0.15) is 0 Å². The molecule has 1 N–H and O–H groups in total. The third-order valence-electron chi connectivity index (χ3n) is 5.18. The Balaban J connectivity index is 2.10. The first-order valence-electron chi connectivity index (χ1n) is 8.99. The molecule has 24 heavy (non-hydrogen) atoms. The standard InChI is InChI=1S/C20H31NO3/c1-14(2)18(17-7-8-19(24-4)15(3)10-17)11-20(23)21-9-5-6-16(12-21)13-22/h7-8,10,14,16,18,22H,5-6,9,11-13H2,1-4H3. The molecule has 2 atom stereocenters. The molecular weight excluding hydrogens is 302 g/mol. The molecule has 4 heteroatoms. The lowest BCUT2D eigenvalue weighted by Gasteiger charge is -2.33. The molecule has 1 aromatic carbocycles. The number of rotatable bonds is 6. The van der Waals surface area contributed by atoms with Crippen LogP contribution in [0.1, 0.15) is 50.2 Å². The number of likely N-dealkylation sites (tertiary alicyclic amines) is 1. The largest absolute Gasteiger partial charge is 0.496 e. The van der Waals surface area contributed by atoms with Crippen LogP contribution in [0, 0.1) is 18.8 Å². The molecule has 0 aromatic heterocycles. The van der Waals surface area contributed by atoms with Crippen molar-refractivity contribution in [3.8, 4) is 5.75 Å². The van der Waals surface area contributed by atoms with E-state index >= 15 is 0 Å². The fourth-order valence-electron chi connectivity index (χ4n) is 3.63. The van der Waals surface area contributed by atoms with Crippen LogP contribution in [0.5, 0.6) is 5.75 Å². The molecule has 0 bridgehead atoms. The minimum atomic E-state index is 0.176. The third-order valence-corrected chi connectivity index (χ3v) is 5.18. The van der Waals surface area contributed by atoms with Gasteiger partial charge in [-0.1, -0.05) is 26.0 Å². The number of amides is 1. The predicted octanol–water partition coefficient (Wildman–Crippen LogP) is 3.36. The Morgan fingerprint density at radius 2 is 2.17 bits per heavy atom. The molecule has 1 heterocycles. The smallest absolute Gasteiger partial charge is 0.223 e. The molecule has 0 saturated carbocycles. The number of ether oxygens (including phenoxy) is 1. The van der Waals surface area contributed by atoms with Crippen LogP contribution in [0.25, 0.3) is 0 Å². The predicted molar refractivity (Wildman–Crippen MR) is 96.3 cm³/mol. The summed E-state index contributed by atoms with van der Waals surface area (Å²) in [6, 6.07) is 6.22. The van der Waals surface area contributed by atoms with Gasteiger partial charge in [0, 0.05) is 26.1 Å². The van der Waals surface area contributed by atoms with Gasteiger partial charge >= 0.3 is 0 Å². The zero-order valence-corrected chi connectivity index (χ0v) is 15.4. The van der Waals surface area contributed by atoms with Crippen molar-refractivity contribution in [3.05, 3.63) is 29.3 Å². The number of carbonyl (C=O) groups excluding carboxylic acids is 1. The van der Waals surface area contributed by atoms with Gasteiger partial charge in [0.2, 0.25) is 5.91 Å². The summed E-state index contributed by atoms with van der Waals surface area (Å²) in [4.78, 5) is 14.7. The fraction of sp³-hybridized carbons (Fsp3) is 0.650. The highest BCUT2D eigenvalue weighted by Gasteiger charge is 2.27. The molecule has 1 aromatic rings. The van der Waals surface area contributed by atoms with Crippen LogP contribution in [0.15, 0.2) is 18.2 Å². The van der Waals surface area contributed by atoms with E-state index < -0.39 is 0 Å². The Bertz CT molecular complexity index is 556. The van der Waals surface area contributed by atoms with E-state index in [4.69, 9.17) is 4.74 Å². The van der Waals surface area contributed by atoms with Crippen LogP contribution in [0.4, 0.5) is 0 Å². The Kier molecular flexibility index (Phi) is 6.67. The van der Waals surface area contributed by atoms with Gasteiger partial charge in [-0.15, -0.1) is 0 Å². The maximum absolute atomic E-state index is 12.8. The number of benzene rings is 1. The number of nitrogens with zero attached hydrogens (tertiary/aromatic N) is 1. The Morgan fingerprint density at radius 1 is 1.42 bits per heavy atom. The van der Waals surface area contributed by atoms with Gasteiger partial charge in [0.15, 0.2) is 0 Å². The van der Waals surface area contributed by atoms with Gasteiger partial charge in [-0.3, -0.25) is 4.79 Å². The van der Waals surface area contributed by atoms with Crippen molar-refractivity contribution in [1.82, 2.24) is 4.90 Å². The van der Waals surface area contributed by atoms with Crippen LogP contribution in [0.2, 0.25) is 0 Å². The van der Waals surface area contributed by atoms with Crippen molar-refractivity contribution < 1.29 is 14.6 Å². The van der Waals surface area contributed by atoms with Gasteiger partial charge in [-0.05, 0) is 54.7 Å². The number of aryl methyl sites for hydroxylation is 1. The zero-order valence-electron chi connectivity index (χ0n) is 15.4. The topological polar surface area (TPSA) is 49.8 Å². The summed E-state index contributed by atoms with van der Waals surface area (Å²) >= 11 is 0. The van der Waals surface area contributed by atoms with E-state index in [1.165, 1.54) is 5.56 Å². The molecule has 134 valence electrons. The fourth-order valence-corrected chi connectivity index (χ4v) is 3.63. The minimum Gasteiger partial charge on any atom is -0.496 e. The Morgan fingerprint density at radius 3 is 2.75 bits per heavy atom. The van der Waals surface area contributed by atoms with E-state index in [9.17, 15) is 9.90 Å². The maximum Gasteiger partial charge on any atom is 0.223 e. The lowest BCUT2D eigenvalue weighted by Crippen LogP contribution is -2.41. The van der Waals surface area contributed by atoms with Crippen LogP contribution < -0.4 is 4.74 Å². The van der Waals surface area contributed by atoms with E-state index in [0.29, 0.717) is 18.9 Å². The highest BCUT2D eigenvalue weighted by Crippen LogP contribution is 2.32. The first kappa shape index (κ1) is 18.8. The molecule has 1 aliphatic heterocycles. The van der Waals surface area contributed by atoms with Crippen LogP contribution in [-0.2, 0) is 4.79 Å². The zero-order chi connectivity index (χ0) is 17.7. The summed E-state index contributed by atoms with van der Waals surface area (Å²) in [5.41, 5.74) is 2.30. The molecule has 1 saturated heterocycles. The van der Waals surface area contributed by atoms with Crippen molar-refractivity contribution in [2.75, 3.05) is 26.8 Å². The number of aliphatic hydroxyl groups excluding tert-OH is 1. The second-order valence-corrected chi connectivity index (χ2v) is 7.31. The van der Waals surface area contributed by atoms with E-state index in [1.54, 1.807) is 7.11 Å². The third kappa shape index (κ3) is 4.50. The van der Waals surface area contributed by atoms with Crippen LogP contribution in [0.3, 0.4) is 0 Å². The number of hydrogen-bond donors (Lipinski definition) is 1. The molecule has 4 nitrogen and oxygen atoms in total. The van der Waals surface area contributed by atoms with E-state index in [-0.39, 0.29) is 24.3 Å². The molecule has 1 amide bonds. The van der Waals surface area contributed by atoms with Crippen molar-refractivity contribution in [3.63, 3.8) is 0 Å². The first-order valence-corrected chi connectivity index (χ1v) is 8.99. The molecule has 1 fully saturated rings. The van der Waals surface area contributed by atoms with Gasteiger partial charge in [0.25, 0.3) is 0 Å². The SMILES string of the molecule is COc1ccc(C(CC(=O)N2CCCC(CO)C2)C(C)C)cc1C. The number of piperidine rings is 1. The maximum atomic E-state index is 12.8. The normalized spacial score (nSPS) is 19.4. The van der Waals surface area contributed by atoms with E-state index in [2.05, 4.69) is 26.0 Å². The van der Waals surface area contributed by atoms with Crippen molar-refractivity contribution in [2.24, 2.45) is 11.8 Å². The highest BCUT2D eigenvalue weighted by molar-refractivity contribution is 5.77. The molecule has 0 spiro atoms. The van der Waals surface area contributed by atoms with E-state index in [0.717, 1.165) is 30.7 Å². The van der Waals surface area contributed by atoms with Crippen molar-refractivity contribution in [2.45, 2.75) is 46.0 Å². The lowest BCUT2D eigenvalue weighted by atomic mass is 9.84. The van der Waals surface area contributed by atoms with Crippen molar-refractivity contribution >= 4 is 5.91 Å². The number of aliphatic hydroxyl groups is 1. The second-order valence-electron chi connectivity index (χ2n) is 7.31. The minimum absolute atomic E-state index is 0.176. The second kappa shape index (κ2) is 8.52. The molecular formula is C20H31NO3. The summed E-state index contributed by atoms with van der Waals surface area (Å²) in [5.74, 6) is 1.93. The van der Waals surface area contributed by atoms with Gasteiger partial charge in [-0.25, -0.2) is 0 Å². The lowest BCUT2D eigenvalue weighted by molar-refractivity contribution is -0.134. The average Bonchev–Trinajstić information content (AvgIpc) is 2.59. The Labute approximate surface area is 145 Å². The summed E-state index contributed by atoms with van der Waals surface area (Å²) in [6.07, 6.45) is 2.54. The molecule has 1 aliphatic rings. The van der Waals surface area contributed by atoms with Gasteiger partial charge in [0.1, 0.15) is 5.75 Å². The molecule has 2 rings (SSSR count). The van der Waals surface area contributed by atoms with Gasteiger partial charge < -0.3 is 14.7 Å². The van der Waals surface area contributed by atoms with Crippen LogP contribution in [-0.4, -0.2) is 42.7 Å². The average molecular weight is 333 g/mol. The first-order chi connectivity index (χ1) is 11.5. The number of carbonyl (C=O) groups is 1. The number of methoxy groups -OCH3 is 1. The molecule has 0 radical (unpaired) electrons. The summed E-state index contributed by atoms with van der Waals surface area (Å²) in [5, 5.41) is 9.37. The summed E-state index contributed by atoms with van der Waals surface area (Å²) < 4.78 is 5.34. The molecule has 0 aliphatic carbocycles. The molecule has 2 unspecified atom stereocenters. The summed E-state index contributed by atoms with van der Waals surface area (Å²) in [7, 11) is 1.68. The van der Waals surface area contributed by atoms with Crippen LogP contribution >= 0.6 is 0 Å². The monoisotopic (exact) mass is 333 g/mol. The van der Waals surface area contributed by atoms with Gasteiger partial charge in [0.05, 0.1) is 7.11 Å². The van der Waals surface area contributed by atoms with E-state index in [1.807, 2.05) is 17.9 Å². The van der Waals surface area contributed by atoms with Crippen molar-refractivity contribution in [1.29, 1.82) is 0 Å². The quantitative estimate of drug-likeness (QED) is 0.868. The number of hydrogen-bond acceptors (Lipinski definition) is 3. The highest BCUT2D eigenvalue weighted by atomic mass is 16.5.